The Balaban J connectivity index is 2.37. The van der Waals surface area contributed by atoms with Gasteiger partial charge in [0.2, 0.25) is 5.91 Å². The lowest BCUT2D eigenvalue weighted by molar-refractivity contribution is -0.120. The molecule has 17 heavy (non-hydrogen) atoms. The first-order valence-corrected chi connectivity index (χ1v) is 6.18. The molecule has 1 unspecified atom stereocenters. The van der Waals surface area contributed by atoms with Gasteiger partial charge < -0.3 is 10.6 Å². The van der Waals surface area contributed by atoms with Gasteiger partial charge in [0.1, 0.15) is 0 Å². The van der Waals surface area contributed by atoms with Crippen molar-refractivity contribution in [1.29, 1.82) is 0 Å². The second kappa shape index (κ2) is 7.01. The zero-order valence-electron chi connectivity index (χ0n) is 10.2. The van der Waals surface area contributed by atoms with Gasteiger partial charge in [-0.3, -0.25) is 4.79 Å². The molecule has 1 atom stereocenters. The summed E-state index contributed by atoms with van der Waals surface area (Å²) in [6.45, 7) is 4.12. The lowest BCUT2D eigenvalue weighted by atomic mass is 10.1. The number of hydrogen-bond donors (Lipinski definition) is 2. The monoisotopic (exact) mass is 250 g/mol. The van der Waals surface area contributed by atoms with Gasteiger partial charge in [-0.15, -0.1) is 0 Å². The van der Waals surface area contributed by atoms with Gasteiger partial charge in [0.15, 0.2) is 5.11 Å². The Labute approximate surface area is 108 Å². The van der Waals surface area contributed by atoms with Crippen molar-refractivity contribution in [2.45, 2.75) is 26.7 Å². The number of nitrogens with one attached hydrogen (secondary N) is 2. The summed E-state index contributed by atoms with van der Waals surface area (Å²) in [5, 5.41) is 5.99. The minimum atomic E-state index is -0.0345. The summed E-state index contributed by atoms with van der Waals surface area (Å²) in [5.74, 6) is 0.349. The molecule has 0 aromatic heterocycles. The van der Waals surface area contributed by atoms with Crippen LogP contribution in [0.25, 0.3) is 0 Å². The molecule has 3 nitrogen and oxygen atoms in total. The molecule has 0 aliphatic rings. The number of thiocarbonyl (C=S) groups is 1. The Morgan fingerprint density at radius 1 is 1.35 bits per heavy atom. The van der Waals surface area contributed by atoms with Gasteiger partial charge in [0.05, 0.1) is 0 Å². The van der Waals surface area contributed by atoms with Crippen molar-refractivity contribution in [3.63, 3.8) is 0 Å². The molecule has 0 radical (unpaired) electrons. The number of rotatable bonds is 4. The second-order valence-electron chi connectivity index (χ2n) is 4.09. The minimum Gasteiger partial charge on any atom is -0.332 e. The molecule has 92 valence electrons. The van der Waals surface area contributed by atoms with E-state index in [0.29, 0.717) is 17.5 Å². The molecule has 1 aromatic rings. The van der Waals surface area contributed by atoms with Gasteiger partial charge in [0.25, 0.3) is 0 Å². The molecule has 1 amide bonds. The number of anilines is 1. The number of carbonyl (C=O) groups excluding carboxylic acids is 1. The fraction of sp³-hybridized carbons (Fsp3) is 0.385. The summed E-state index contributed by atoms with van der Waals surface area (Å²) >= 11 is 5.06. The third-order valence-corrected chi connectivity index (χ3v) is 2.72. The van der Waals surface area contributed by atoms with Crippen molar-refractivity contribution in [3.05, 3.63) is 30.3 Å². The van der Waals surface area contributed by atoms with Gasteiger partial charge in [-0.25, -0.2) is 0 Å². The molecule has 0 saturated heterocycles. The SMILES string of the molecule is CCC(C)CC(=O)NC(=S)Nc1ccccc1. The van der Waals surface area contributed by atoms with E-state index in [1.807, 2.05) is 37.3 Å². The highest BCUT2D eigenvalue weighted by Gasteiger charge is 2.08. The highest BCUT2D eigenvalue weighted by Crippen LogP contribution is 2.07. The average molecular weight is 250 g/mol. The van der Waals surface area contributed by atoms with E-state index in [-0.39, 0.29) is 5.91 Å². The van der Waals surface area contributed by atoms with Gasteiger partial charge in [-0.1, -0.05) is 38.5 Å². The van der Waals surface area contributed by atoms with Crippen LogP contribution in [0.2, 0.25) is 0 Å². The number of benzene rings is 1. The summed E-state index contributed by atoms with van der Waals surface area (Å²) in [5.41, 5.74) is 0.876. The van der Waals surface area contributed by atoms with E-state index in [2.05, 4.69) is 17.6 Å². The minimum absolute atomic E-state index is 0.0345. The third kappa shape index (κ3) is 5.45. The zero-order valence-corrected chi connectivity index (χ0v) is 11.0. The summed E-state index contributed by atoms with van der Waals surface area (Å²) < 4.78 is 0. The van der Waals surface area contributed by atoms with Gasteiger partial charge in [-0.2, -0.15) is 0 Å². The highest BCUT2D eigenvalue weighted by atomic mass is 32.1. The molecular formula is C13H18N2OS. The molecule has 1 rings (SSSR count). The van der Waals surface area contributed by atoms with Crippen LogP contribution in [0.4, 0.5) is 5.69 Å². The smallest absolute Gasteiger partial charge is 0.226 e. The average Bonchev–Trinajstić information content (AvgIpc) is 2.29. The van der Waals surface area contributed by atoms with E-state index in [4.69, 9.17) is 12.2 Å². The van der Waals surface area contributed by atoms with E-state index >= 15 is 0 Å². The summed E-state index contributed by atoms with van der Waals surface area (Å²) in [7, 11) is 0. The maximum absolute atomic E-state index is 11.6. The molecule has 0 aliphatic heterocycles. The molecule has 0 bridgehead atoms. The molecule has 2 N–H and O–H groups in total. The molecule has 1 aromatic carbocycles. The lowest BCUT2D eigenvalue weighted by Crippen LogP contribution is -2.34. The first kappa shape index (κ1) is 13.6. The van der Waals surface area contributed by atoms with Gasteiger partial charge >= 0.3 is 0 Å². The van der Waals surface area contributed by atoms with E-state index in [0.717, 1.165) is 12.1 Å². The molecule has 0 heterocycles. The van der Waals surface area contributed by atoms with Crippen molar-refractivity contribution in [3.8, 4) is 0 Å². The van der Waals surface area contributed by atoms with Crippen LogP contribution >= 0.6 is 12.2 Å². The Hall–Kier alpha value is -1.42. The summed E-state index contributed by atoms with van der Waals surface area (Å²) in [6, 6.07) is 9.54. The van der Waals surface area contributed by atoms with E-state index in [1.54, 1.807) is 0 Å². The molecule has 0 saturated carbocycles. The normalized spacial score (nSPS) is 11.6. The van der Waals surface area contributed by atoms with Crippen LogP contribution < -0.4 is 10.6 Å². The zero-order chi connectivity index (χ0) is 12.7. The maximum Gasteiger partial charge on any atom is 0.226 e. The second-order valence-corrected chi connectivity index (χ2v) is 4.49. The summed E-state index contributed by atoms with van der Waals surface area (Å²) in [4.78, 5) is 11.6. The Morgan fingerprint density at radius 2 is 2.00 bits per heavy atom. The Bertz CT molecular complexity index is 378. The largest absolute Gasteiger partial charge is 0.332 e. The first-order valence-electron chi connectivity index (χ1n) is 5.77. The van der Waals surface area contributed by atoms with E-state index in [9.17, 15) is 4.79 Å². The predicted octanol–water partition coefficient (Wildman–Crippen LogP) is 2.94. The van der Waals surface area contributed by atoms with E-state index in [1.165, 1.54) is 0 Å². The van der Waals surface area contributed by atoms with Crippen LogP contribution in [0, 0.1) is 5.92 Å². The standard InChI is InChI=1S/C13H18N2OS/c1-3-10(2)9-12(16)15-13(17)14-11-7-5-4-6-8-11/h4-8,10H,3,9H2,1-2H3,(H2,14,15,16,17). The van der Waals surface area contributed by atoms with Crippen LogP contribution in [0.1, 0.15) is 26.7 Å². The van der Waals surface area contributed by atoms with Crippen LogP contribution in [-0.2, 0) is 4.79 Å². The van der Waals surface area contributed by atoms with Crippen molar-refractivity contribution >= 4 is 28.9 Å². The third-order valence-electron chi connectivity index (χ3n) is 2.52. The predicted molar refractivity (Wildman–Crippen MR) is 74.9 cm³/mol. The van der Waals surface area contributed by atoms with Crippen molar-refractivity contribution in [2.24, 2.45) is 5.92 Å². The van der Waals surface area contributed by atoms with Crippen LogP contribution in [-0.4, -0.2) is 11.0 Å². The first-order chi connectivity index (χ1) is 8.11. The quantitative estimate of drug-likeness (QED) is 0.807. The molecule has 4 heteroatoms. The molecule has 0 aliphatic carbocycles. The van der Waals surface area contributed by atoms with E-state index < -0.39 is 0 Å². The fourth-order valence-electron chi connectivity index (χ4n) is 1.32. The topological polar surface area (TPSA) is 41.1 Å². The van der Waals surface area contributed by atoms with Crippen LogP contribution in [0.5, 0.6) is 0 Å². The number of para-hydroxylation sites is 1. The fourth-order valence-corrected chi connectivity index (χ4v) is 1.55. The van der Waals surface area contributed by atoms with Crippen LogP contribution in [0.3, 0.4) is 0 Å². The summed E-state index contributed by atoms with van der Waals surface area (Å²) in [6.07, 6.45) is 1.50. The highest BCUT2D eigenvalue weighted by molar-refractivity contribution is 7.80. The maximum atomic E-state index is 11.6. The van der Waals surface area contributed by atoms with Gasteiger partial charge in [0, 0.05) is 12.1 Å². The molecular weight excluding hydrogens is 232 g/mol. The van der Waals surface area contributed by atoms with Gasteiger partial charge in [-0.05, 0) is 30.3 Å². The number of hydrogen-bond acceptors (Lipinski definition) is 2. The lowest BCUT2D eigenvalue weighted by Gasteiger charge is -2.11. The number of carbonyl (C=O) groups is 1. The van der Waals surface area contributed by atoms with Crippen molar-refractivity contribution in [1.82, 2.24) is 5.32 Å². The Kier molecular flexibility index (Phi) is 5.63. The molecule has 0 spiro atoms. The Morgan fingerprint density at radius 3 is 2.59 bits per heavy atom. The number of amides is 1. The van der Waals surface area contributed by atoms with Crippen molar-refractivity contribution < 1.29 is 4.79 Å². The van der Waals surface area contributed by atoms with Crippen molar-refractivity contribution in [2.75, 3.05) is 5.32 Å². The molecule has 0 fully saturated rings. The van der Waals surface area contributed by atoms with Crippen LogP contribution in [0.15, 0.2) is 30.3 Å².